The molecule has 0 bridgehead atoms. The first kappa shape index (κ1) is 14.6. The average Bonchev–Trinajstić information content (AvgIpc) is 2.90. The Morgan fingerprint density at radius 2 is 2.09 bits per heavy atom. The molecule has 4 heteroatoms. The van der Waals surface area contributed by atoms with Gasteiger partial charge in [-0.3, -0.25) is 9.59 Å². The molecular formula is C18H18O4. The molecular weight excluding hydrogens is 280 g/mol. The molecule has 1 aromatic rings. The van der Waals surface area contributed by atoms with Gasteiger partial charge in [-0.1, -0.05) is 36.4 Å². The molecule has 3 atom stereocenters. The van der Waals surface area contributed by atoms with Crippen LogP contribution < -0.4 is 0 Å². The van der Waals surface area contributed by atoms with Gasteiger partial charge in [0.2, 0.25) is 0 Å². The smallest absolute Gasteiger partial charge is 0.320 e. The molecule has 4 nitrogen and oxygen atoms in total. The quantitative estimate of drug-likeness (QED) is 0.634. The molecule has 0 aliphatic heterocycles. The summed E-state index contributed by atoms with van der Waals surface area (Å²) in [4.78, 5) is 24.6. The number of benzene rings is 1. The van der Waals surface area contributed by atoms with Crippen molar-refractivity contribution >= 4 is 11.9 Å². The van der Waals surface area contributed by atoms with Crippen LogP contribution in [0.15, 0.2) is 43.0 Å². The van der Waals surface area contributed by atoms with Crippen molar-refractivity contribution in [1.82, 2.24) is 0 Å². The lowest BCUT2D eigenvalue weighted by atomic mass is 9.68. The summed E-state index contributed by atoms with van der Waals surface area (Å²) < 4.78 is 9.96. The Bertz CT molecular complexity index is 688. The maximum absolute atomic E-state index is 12.6. The number of allylic oxidation sites excluding steroid dienone is 1. The van der Waals surface area contributed by atoms with E-state index in [-0.39, 0.29) is 17.9 Å². The van der Waals surface area contributed by atoms with Crippen LogP contribution in [0.5, 0.6) is 0 Å². The maximum atomic E-state index is 12.6. The summed E-state index contributed by atoms with van der Waals surface area (Å²) in [5.74, 6) is -1.21. The van der Waals surface area contributed by atoms with E-state index in [4.69, 9.17) is 9.47 Å². The third-order valence-electron chi connectivity index (χ3n) is 4.77. The third kappa shape index (κ3) is 1.70. The van der Waals surface area contributed by atoms with Crippen molar-refractivity contribution in [2.75, 3.05) is 14.2 Å². The molecule has 2 aliphatic rings. The van der Waals surface area contributed by atoms with Gasteiger partial charge in [-0.2, -0.15) is 0 Å². The molecule has 0 fully saturated rings. The highest BCUT2D eigenvalue weighted by molar-refractivity contribution is 5.93. The maximum Gasteiger partial charge on any atom is 0.320 e. The van der Waals surface area contributed by atoms with Crippen LogP contribution in [-0.2, 0) is 30.9 Å². The zero-order valence-corrected chi connectivity index (χ0v) is 12.7. The highest BCUT2D eigenvalue weighted by Crippen LogP contribution is 2.52. The molecule has 0 radical (unpaired) electrons. The third-order valence-corrected chi connectivity index (χ3v) is 4.77. The second-order valence-electron chi connectivity index (χ2n) is 5.65. The fraction of sp³-hybridized carbons (Fsp3) is 0.333. The van der Waals surface area contributed by atoms with Gasteiger partial charge in [-0.15, -0.1) is 6.58 Å². The minimum Gasteiger partial charge on any atom is -0.468 e. The highest BCUT2D eigenvalue weighted by atomic mass is 16.5. The summed E-state index contributed by atoms with van der Waals surface area (Å²) in [5, 5.41) is 0. The number of rotatable bonds is 3. The largest absolute Gasteiger partial charge is 0.468 e. The molecule has 114 valence electrons. The minimum atomic E-state index is -0.882. The number of hydrogen-bond donors (Lipinski definition) is 0. The molecule has 0 spiro atoms. The number of carbonyl (C=O) groups excluding carboxylic acids is 2. The highest BCUT2D eigenvalue weighted by Gasteiger charge is 2.54. The van der Waals surface area contributed by atoms with Crippen molar-refractivity contribution in [1.29, 1.82) is 0 Å². The molecule has 1 aromatic carbocycles. The first-order chi connectivity index (χ1) is 10.6. The molecule has 0 unspecified atom stereocenters. The summed E-state index contributed by atoms with van der Waals surface area (Å²) in [6, 6.07) is 5.79. The van der Waals surface area contributed by atoms with Crippen LogP contribution in [0.3, 0.4) is 0 Å². The van der Waals surface area contributed by atoms with E-state index in [9.17, 15) is 9.59 Å². The summed E-state index contributed by atoms with van der Waals surface area (Å²) in [7, 11) is 2.76. The summed E-state index contributed by atoms with van der Waals surface area (Å²) in [6.45, 7) is 3.88. The van der Waals surface area contributed by atoms with E-state index in [2.05, 4.69) is 6.58 Å². The van der Waals surface area contributed by atoms with Crippen molar-refractivity contribution in [3.05, 3.63) is 59.7 Å². The van der Waals surface area contributed by atoms with Gasteiger partial charge in [0.05, 0.1) is 14.2 Å². The average molecular weight is 298 g/mol. The minimum absolute atomic E-state index is 0.0778. The van der Waals surface area contributed by atoms with E-state index < -0.39 is 11.3 Å². The van der Waals surface area contributed by atoms with Crippen molar-refractivity contribution in [3.8, 4) is 0 Å². The lowest BCUT2D eigenvalue weighted by molar-refractivity contribution is -0.147. The molecule has 0 saturated heterocycles. The van der Waals surface area contributed by atoms with Crippen molar-refractivity contribution in [3.63, 3.8) is 0 Å². The van der Waals surface area contributed by atoms with Gasteiger partial charge in [0.1, 0.15) is 11.3 Å². The zero-order valence-electron chi connectivity index (χ0n) is 12.7. The van der Waals surface area contributed by atoms with Gasteiger partial charge in [0.15, 0.2) is 0 Å². The van der Waals surface area contributed by atoms with E-state index in [0.717, 1.165) is 16.7 Å². The molecule has 0 saturated carbocycles. The van der Waals surface area contributed by atoms with E-state index in [1.54, 1.807) is 18.2 Å². The molecule has 3 rings (SSSR count). The Kier molecular flexibility index (Phi) is 3.39. The molecule has 0 amide bonds. The van der Waals surface area contributed by atoms with Gasteiger partial charge >= 0.3 is 11.9 Å². The number of methoxy groups -OCH3 is 2. The Hall–Kier alpha value is -2.36. The topological polar surface area (TPSA) is 52.6 Å². The van der Waals surface area contributed by atoms with Gasteiger partial charge in [0.25, 0.3) is 0 Å². The van der Waals surface area contributed by atoms with Crippen LogP contribution in [0, 0.1) is 5.92 Å². The zero-order chi connectivity index (χ0) is 15.9. The van der Waals surface area contributed by atoms with E-state index in [1.165, 1.54) is 14.2 Å². The number of hydrogen-bond acceptors (Lipinski definition) is 4. The van der Waals surface area contributed by atoms with Crippen LogP contribution in [0.4, 0.5) is 0 Å². The Morgan fingerprint density at radius 3 is 2.73 bits per heavy atom. The van der Waals surface area contributed by atoms with Crippen LogP contribution in [0.2, 0.25) is 0 Å². The van der Waals surface area contributed by atoms with Crippen molar-refractivity contribution < 1.29 is 19.1 Å². The second kappa shape index (κ2) is 5.13. The van der Waals surface area contributed by atoms with Gasteiger partial charge in [-0.25, -0.2) is 0 Å². The Balaban J connectivity index is 2.27. The molecule has 2 aliphatic carbocycles. The van der Waals surface area contributed by atoms with Crippen LogP contribution in [-0.4, -0.2) is 26.2 Å². The second-order valence-corrected chi connectivity index (χ2v) is 5.65. The molecule has 0 heterocycles. The lowest BCUT2D eigenvalue weighted by Crippen LogP contribution is -2.41. The lowest BCUT2D eigenvalue weighted by Gasteiger charge is -2.34. The molecule has 0 aromatic heterocycles. The SMILES string of the molecule is C=C[C@H]1Cc2cccc3c2[C@]1(C(=O)OC)C=C[C@@H]3C(=O)OC. The monoisotopic (exact) mass is 298 g/mol. The molecule has 22 heavy (non-hydrogen) atoms. The number of carbonyl (C=O) groups is 2. The van der Waals surface area contributed by atoms with Crippen molar-refractivity contribution in [2.45, 2.75) is 17.8 Å². The predicted molar refractivity (Wildman–Crippen MR) is 81.4 cm³/mol. The van der Waals surface area contributed by atoms with E-state index >= 15 is 0 Å². The predicted octanol–water partition coefficient (Wildman–Crippen LogP) is 2.28. The standard InChI is InChI=1S/C18H18O4/c1-4-12-10-11-6-5-7-13-14(16(19)21-2)8-9-18(12,15(11)13)17(20)22-3/h4-9,12,14H,1,10H2,2-3H3/t12-,14-,18-/m0/s1. The van der Waals surface area contributed by atoms with Crippen LogP contribution in [0.25, 0.3) is 0 Å². The van der Waals surface area contributed by atoms with Crippen LogP contribution in [0.1, 0.15) is 22.6 Å². The molecule has 0 N–H and O–H groups in total. The number of ether oxygens (including phenoxy) is 2. The van der Waals surface area contributed by atoms with Crippen molar-refractivity contribution in [2.24, 2.45) is 5.92 Å². The fourth-order valence-electron chi connectivity index (χ4n) is 3.79. The Morgan fingerprint density at radius 1 is 1.32 bits per heavy atom. The Labute approximate surface area is 129 Å². The number of esters is 2. The fourth-order valence-corrected chi connectivity index (χ4v) is 3.79. The summed E-state index contributed by atoms with van der Waals surface area (Å²) in [5.41, 5.74) is 1.88. The first-order valence-electron chi connectivity index (χ1n) is 7.20. The normalized spacial score (nSPS) is 27.9. The van der Waals surface area contributed by atoms with Gasteiger partial charge in [-0.05, 0) is 23.1 Å². The summed E-state index contributed by atoms with van der Waals surface area (Å²) >= 11 is 0. The van der Waals surface area contributed by atoms with Crippen LogP contribution >= 0.6 is 0 Å². The first-order valence-corrected chi connectivity index (χ1v) is 7.20. The van der Waals surface area contributed by atoms with Gasteiger partial charge < -0.3 is 9.47 Å². The van der Waals surface area contributed by atoms with E-state index in [0.29, 0.717) is 6.42 Å². The van der Waals surface area contributed by atoms with E-state index in [1.807, 2.05) is 18.2 Å². The van der Waals surface area contributed by atoms with Gasteiger partial charge in [0, 0.05) is 5.92 Å². The summed E-state index contributed by atoms with van der Waals surface area (Å²) in [6.07, 6.45) is 6.05.